The molecule has 0 saturated carbocycles. The maximum absolute atomic E-state index is 13.1. The fourth-order valence-electron chi connectivity index (χ4n) is 10.7. The second kappa shape index (κ2) is 76.6. The van der Waals surface area contributed by atoms with E-state index in [2.05, 4.69) is 131 Å². The maximum Gasteiger partial charge on any atom is 0.472 e. The van der Waals surface area contributed by atoms with Crippen LogP contribution in [0.2, 0.25) is 0 Å². The minimum absolute atomic E-state index is 0.0311. The molecule has 17 nitrogen and oxygen atoms in total. The van der Waals surface area contributed by atoms with Gasteiger partial charge in [0.25, 0.3) is 0 Å². The minimum Gasteiger partial charge on any atom is -0.462 e. The fraction of sp³-hybridized carbons (Fsp3) is 0.718. The number of hydrogen-bond donors (Lipinski definition) is 3. The number of phosphoric ester groups is 2. The molecule has 104 heavy (non-hydrogen) atoms. The number of aliphatic hydroxyl groups excluding tert-OH is 1. The van der Waals surface area contributed by atoms with Crippen molar-refractivity contribution in [1.82, 2.24) is 0 Å². The number of unbranched alkanes of at least 4 members (excludes halogenated alkanes) is 30. The summed E-state index contributed by atoms with van der Waals surface area (Å²) in [5, 5.41) is 10.6. The van der Waals surface area contributed by atoms with Crippen molar-refractivity contribution >= 4 is 39.5 Å². The van der Waals surface area contributed by atoms with Crippen LogP contribution in [0.4, 0.5) is 0 Å². The molecule has 0 heterocycles. The number of hydrogen-bond acceptors (Lipinski definition) is 15. The molecule has 0 spiro atoms. The van der Waals surface area contributed by atoms with Crippen molar-refractivity contribution in [3.8, 4) is 0 Å². The average Bonchev–Trinajstić information content (AvgIpc) is 0.928. The molecule has 5 atom stereocenters. The summed E-state index contributed by atoms with van der Waals surface area (Å²) in [6.07, 6.45) is 84.8. The van der Waals surface area contributed by atoms with Crippen LogP contribution in [0.3, 0.4) is 0 Å². The summed E-state index contributed by atoms with van der Waals surface area (Å²) >= 11 is 0. The van der Waals surface area contributed by atoms with Crippen LogP contribution in [-0.4, -0.2) is 96.7 Å². The van der Waals surface area contributed by atoms with Gasteiger partial charge in [-0.3, -0.25) is 37.3 Å². The first-order valence-corrected chi connectivity index (χ1v) is 43.8. The van der Waals surface area contributed by atoms with Gasteiger partial charge in [0.15, 0.2) is 12.2 Å². The molecule has 5 unspecified atom stereocenters. The highest BCUT2D eigenvalue weighted by Crippen LogP contribution is 2.45. The molecule has 0 bridgehead atoms. The molecule has 3 N–H and O–H groups in total. The molecule has 0 aromatic carbocycles. The second-order valence-electron chi connectivity index (χ2n) is 27.0. The number of rotatable bonds is 76. The lowest BCUT2D eigenvalue weighted by Gasteiger charge is -2.21. The molecule has 0 fully saturated rings. The lowest BCUT2D eigenvalue weighted by Crippen LogP contribution is -2.30. The molecule has 0 amide bonds. The zero-order valence-corrected chi connectivity index (χ0v) is 67.2. The number of phosphoric acid groups is 2. The Morgan fingerprint density at radius 3 is 0.885 bits per heavy atom. The van der Waals surface area contributed by atoms with E-state index in [0.717, 1.165) is 148 Å². The van der Waals surface area contributed by atoms with Gasteiger partial charge in [0.1, 0.15) is 19.3 Å². The Bertz CT molecular complexity index is 2440. The van der Waals surface area contributed by atoms with E-state index in [-0.39, 0.29) is 25.7 Å². The summed E-state index contributed by atoms with van der Waals surface area (Å²) in [5.74, 6) is -2.28. The van der Waals surface area contributed by atoms with Crippen LogP contribution in [0.1, 0.15) is 336 Å². The van der Waals surface area contributed by atoms with E-state index in [0.29, 0.717) is 32.1 Å². The highest BCUT2D eigenvalue weighted by molar-refractivity contribution is 7.47. The number of ether oxygens (including phenoxy) is 4. The lowest BCUT2D eigenvalue weighted by atomic mass is 10.0. The topological polar surface area (TPSA) is 237 Å². The molecule has 0 rings (SSSR count). The Hall–Kier alpha value is -4.54. The average molecular weight is 1500 g/mol. The Kier molecular flexibility index (Phi) is 73.3. The first-order valence-electron chi connectivity index (χ1n) is 40.8. The molecular weight excluding hydrogens is 1350 g/mol. The first-order chi connectivity index (χ1) is 50.7. The van der Waals surface area contributed by atoms with Gasteiger partial charge >= 0.3 is 39.5 Å². The first kappa shape index (κ1) is 99.5. The van der Waals surface area contributed by atoms with Gasteiger partial charge in [-0.2, -0.15) is 0 Å². The normalized spacial score (nSPS) is 14.5. The number of carbonyl (C=O) groups excluding carboxylic acids is 4. The quantitative estimate of drug-likeness (QED) is 0.0169. The molecule has 0 saturated heterocycles. The Morgan fingerprint density at radius 1 is 0.279 bits per heavy atom. The van der Waals surface area contributed by atoms with Crippen LogP contribution >= 0.6 is 15.6 Å². The van der Waals surface area contributed by atoms with Crippen LogP contribution in [0.25, 0.3) is 0 Å². The van der Waals surface area contributed by atoms with Gasteiger partial charge in [-0.05, 0) is 122 Å². The van der Waals surface area contributed by atoms with Crippen molar-refractivity contribution < 1.29 is 80.2 Å². The zero-order chi connectivity index (χ0) is 76.0. The van der Waals surface area contributed by atoms with E-state index in [4.69, 9.17) is 37.0 Å². The molecular formula is C85H146O17P2. The van der Waals surface area contributed by atoms with Crippen LogP contribution < -0.4 is 0 Å². The summed E-state index contributed by atoms with van der Waals surface area (Å²) < 4.78 is 68.5. The van der Waals surface area contributed by atoms with Crippen molar-refractivity contribution in [3.63, 3.8) is 0 Å². The predicted octanol–water partition coefficient (Wildman–Crippen LogP) is 23.9. The third-order valence-electron chi connectivity index (χ3n) is 16.9. The van der Waals surface area contributed by atoms with Crippen LogP contribution in [0.15, 0.2) is 122 Å². The van der Waals surface area contributed by atoms with Gasteiger partial charge < -0.3 is 33.8 Å². The summed E-state index contributed by atoms with van der Waals surface area (Å²) in [5.41, 5.74) is 0. The van der Waals surface area contributed by atoms with E-state index >= 15 is 0 Å². The third kappa shape index (κ3) is 75.7. The third-order valence-corrected chi connectivity index (χ3v) is 18.8. The van der Waals surface area contributed by atoms with Crippen LogP contribution in [0, 0.1) is 0 Å². The molecule has 19 heteroatoms. The van der Waals surface area contributed by atoms with E-state index in [1.807, 2.05) is 18.2 Å². The number of carbonyl (C=O) groups is 4. The number of esters is 4. The SMILES string of the molecule is CC/C=C\C/C=C\C/C=C\C/C=C\C/C=C\C/C=C\CCC(=O)OCC(COP(=O)(O)OCC(O)COP(=O)(O)OCC(COC(=O)CCCCCCCCCCCCCCCCC)OC(=O)CCCCCCC/C=C\CCCC)OC(=O)CCCCCCCC/C=C\C/C=C\C/C=C\CCCCC. The second-order valence-corrected chi connectivity index (χ2v) is 29.9. The van der Waals surface area contributed by atoms with E-state index in [1.54, 1.807) is 0 Å². The minimum atomic E-state index is -5.00. The van der Waals surface area contributed by atoms with Crippen molar-refractivity contribution in [2.45, 2.75) is 354 Å². The lowest BCUT2D eigenvalue weighted by molar-refractivity contribution is -0.161. The Morgan fingerprint density at radius 2 is 0.529 bits per heavy atom. The largest absolute Gasteiger partial charge is 0.472 e. The van der Waals surface area contributed by atoms with Gasteiger partial charge in [0.2, 0.25) is 0 Å². The van der Waals surface area contributed by atoms with Gasteiger partial charge in [-0.25, -0.2) is 9.13 Å². The summed E-state index contributed by atoms with van der Waals surface area (Å²) in [4.78, 5) is 73.0. The van der Waals surface area contributed by atoms with Crippen LogP contribution in [0.5, 0.6) is 0 Å². The highest BCUT2D eigenvalue weighted by atomic mass is 31.2. The number of allylic oxidation sites excluding steroid dienone is 20. The molecule has 0 aliphatic carbocycles. The predicted molar refractivity (Wildman–Crippen MR) is 427 cm³/mol. The van der Waals surface area contributed by atoms with Crippen molar-refractivity contribution in [3.05, 3.63) is 122 Å². The van der Waals surface area contributed by atoms with Crippen LogP contribution in [-0.2, 0) is 65.4 Å². The van der Waals surface area contributed by atoms with E-state index in [9.17, 15) is 43.2 Å². The smallest absolute Gasteiger partial charge is 0.462 e. The summed E-state index contributed by atoms with van der Waals surface area (Å²) in [6.45, 7) is 4.62. The molecule has 598 valence electrons. The summed E-state index contributed by atoms with van der Waals surface area (Å²) in [6, 6.07) is 0. The molecule has 0 aliphatic heterocycles. The highest BCUT2D eigenvalue weighted by Gasteiger charge is 2.30. The standard InChI is InChI=1S/C85H146O17P2/c1-5-9-13-17-21-25-29-32-35-37-39-41-44-47-51-54-58-62-66-70-83(88)96-76-81(102-85(90)72-68-64-60-56-52-48-45-42-40-38-36-33-30-26-22-18-14-10-6-2)78-100-104(93,94)98-74-79(86)73-97-103(91,92)99-77-80(101-84(89)71-67-63-59-55-49-28-24-20-16-12-8-4)75-95-82(87)69-65-61-57-53-50-46-43-34-31-27-23-19-15-11-7-3/h9,13,20-22,24-26,32-33,35-36,39-42,47,51,58,62,79-81,86H,5-8,10-12,14-19,23,27-31,34,37-38,43-46,48-50,52-57,59-61,63-78H2,1-4H3,(H,91,92)(H,93,94)/b13-9-,24-20-,25-21-,26-22-,35-32-,36-33-,41-39-,42-40-,51-47-,62-58-. The Balaban J connectivity index is 5.41. The van der Waals surface area contributed by atoms with Gasteiger partial charge in [-0.15, -0.1) is 0 Å². The number of aliphatic hydroxyl groups is 1. The maximum atomic E-state index is 13.1. The van der Waals surface area contributed by atoms with Crippen molar-refractivity contribution in [2.24, 2.45) is 0 Å². The fourth-order valence-corrected chi connectivity index (χ4v) is 12.3. The van der Waals surface area contributed by atoms with Crippen molar-refractivity contribution in [1.29, 1.82) is 0 Å². The monoisotopic (exact) mass is 1500 g/mol. The zero-order valence-electron chi connectivity index (χ0n) is 65.4. The van der Waals surface area contributed by atoms with Gasteiger partial charge in [0, 0.05) is 25.7 Å². The van der Waals surface area contributed by atoms with Gasteiger partial charge in [0.05, 0.1) is 26.4 Å². The van der Waals surface area contributed by atoms with E-state index in [1.165, 1.54) is 103 Å². The van der Waals surface area contributed by atoms with Crippen molar-refractivity contribution in [2.75, 3.05) is 39.6 Å². The van der Waals surface area contributed by atoms with E-state index < -0.39 is 97.5 Å². The molecule has 0 aromatic rings. The summed E-state index contributed by atoms with van der Waals surface area (Å²) in [7, 11) is -9.98. The van der Waals surface area contributed by atoms with Gasteiger partial charge in [-0.1, -0.05) is 310 Å². The molecule has 0 aromatic heterocycles. The molecule has 0 aliphatic rings. The Labute approximate surface area is 632 Å². The molecule has 0 radical (unpaired) electrons.